The molecule has 0 aliphatic rings. The zero-order valence-electron chi connectivity index (χ0n) is 9.43. The van der Waals surface area contributed by atoms with Gasteiger partial charge >= 0.3 is 0 Å². The van der Waals surface area contributed by atoms with Crippen LogP contribution in [-0.4, -0.2) is 24.7 Å². The highest BCUT2D eigenvalue weighted by Crippen LogP contribution is 2.21. The van der Waals surface area contributed by atoms with Crippen LogP contribution in [-0.2, 0) is 0 Å². The van der Waals surface area contributed by atoms with E-state index in [4.69, 9.17) is 5.73 Å². The lowest BCUT2D eigenvalue weighted by molar-refractivity contribution is 0.879. The zero-order chi connectivity index (χ0) is 12.4. The molecular formula is C12H10N6. The van der Waals surface area contributed by atoms with Gasteiger partial charge in [-0.1, -0.05) is 0 Å². The fourth-order valence-electron chi connectivity index (χ4n) is 1.69. The van der Waals surface area contributed by atoms with E-state index in [2.05, 4.69) is 20.1 Å². The highest BCUT2D eigenvalue weighted by atomic mass is 15.3. The van der Waals surface area contributed by atoms with E-state index in [1.807, 2.05) is 18.2 Å². The molecule has 6 heteroatoms. The van der Waals surface area contributed by atoms with Gasteiger partial charge in [-0.25, -0.2) is 19.6 Å². The smallest absolute Gasteiger partial charge is 0.159 e. The van der Waals surface area contributed by atoms with E-state index in [0.717, 1.165) is 11.3 Å². The van der Waals surface area contributed by atoms with Crippen molar-refractivity contribution in [1.82, 2.24) is 24.7 Å². The summed E-state index contributed by atoms with van der Waals surface area (Å²) in [5.41, 5.74) is 8.19. The van der Waals surface area contributed by atoms with Crippen LogP contribution in [0.4, 0.5) is 5.69 Å². The Bertz CT molecular complexity index is 648. The monoisotopic (exact) mass is 238 g/mol. The highest BCUT2D eigenvalue weighted by molar-refractivity contribution is 5.65. The van der Waals surface area contributed by atoms with Gasteiger partial charge < -0.3 is 5.73 Å². The second kappa shape index (κ2) is 4.25. The molecule has 0 amide bonds. The molecule has 0 bridgehead atoms. The maximum atomic E-state index is 5.89. The van der Waals surface area contributed by atoms with E-state index >= 15 is 0 Å². The Morgan fingerprint density at radius 3 is 2.61 bits per heavy atom. The van der Waals surface area contributed by atoms with E-state index < -0.39 is 0 Å². The van der Waals surface area contributed by atoms with Crippen LogP contribution in [0.15, 0.2) is 49.3 Å². The summed E-state index contributed by atoms with van der Waals surface area (Å²) < 4.78 is 1.64. The second-order valence-corrected chi connectivity index (χ2v) is 3.73. The Labute approximate surface area is 103 Å². The van der Waals surface area contributed by atoms with E-state index in [-0.39, 0.29) is 0 Å². The van der Waals surface area contributed by atoms with E-state index in [1.165, 1.54) is 6.33 Å². The molecule has 0 unspecified atom stereocenters. The minimum absolute atomic E-state index is 0.630. The molecular weight excluding hydrogens is 228 g/mol. The number of hydrogen-bond donors (Lipinski definition) is 1. The summed E-state index contributed by atoms with van der Waals surface area (Å²) in [5, 5.41) is 4.07. The van der Waals surface area contributed by atoms with Crippen LogP contribution in [0.25, 0.3) is 17.1 Å². The third kappa shape index (κ3) is 1.91. The van der Waals surface area contributed by atoms with Crippen LogP contribution in [0.3, 0.4) is 0 Å². The first kappa shape index (κ1) is 10.4. The molecule has 18 heavy (non-hydrogen) atoms. The summed E-state index contributed by atoms with van der Waals surface area (Å²) in [7, 11) is 0. The van der Waals surface area contributed by atoms with Crippen molar-refractivity contribution in [3.05, 3.63) is 49.3 Å². The molecule has 6 nitrogen and oxygen atoms in total. The molecule has 3 rings (SSSR count). The van der Waals surface area contributed by atoms with E-state index in [1.54, 1.807) is 29.5 Å². The Morgan fingerprint density at radius 1 is 1.06 bits per heavy atom. The summed E-state index contributed by atoms with van der Waals surface area (Å²) in [6, 6.07) is 7.34. The van der Waals surface area contributed by atoms with Gasteiger partial charge in [0.2, 0.25) is 0 Å². The molecule has 0 saturated carbocycles. The largest absolute Gasteiger partial charge is 0.399 e. The Balaban J connectivity index is 2.12. The Hall–Kier alpha value is -2.76. The standard InChI is InChI=1S/C12H10N6/c13-10-4-9(12-15-2-1-3-16-12)5-11(6-10)18-8-14-7-17-18/h1-8H,13H2. The van der Waals surface area contributed by atoms with Crippen molar-refractivity contribution < 1.29 is 0 Å². The predicted octanol–water partition coefficient (Wildman–Crippen LogP) is 1.31. The molecule has 0 aliphatic heterocycles. The van der Waals surface area contributed by atoms with Crippen molar-refractivity contribution in [2.75, 3.05) is 5.73 Å². The SMILES string of the molecule is Nc1cc(-c2ncccn2)cc(-n2cncn2)c1. The van der Waals surface area contributed by atoms with Crippen LogP contribution in [0, 0.1) is 0 Å². The molecule has 3 aromatic rings. The van der Waals surface area contributed by atoms with Crippen LogP contribution < -0.4 is 5.73 Å². The van der Waals surface area contributed by atoms with Gasteiger partial charge in [0.1, 0.15) is 12.7 Å². The van der Waals surface area contributed by atoms with Gasteiger partial charge in [-0.2, -0.15) is 5.10 Å². The van der Waals surface area contributed by atoms with Gasteiger partial charge in [-0.3, -0.25) is 0 Å². The molecule has 0 atom stereocenters. The predicted molar refractivity (Wildman–Crippen MR) is 66.8 cm³/mol. The number of nitrogen functional groups attached to an aromatic ring is 1. The summed E-state index contributed by atoms with van der Waals surface area (Å²) in [6.07, 6.45) is 6.48. The number of aromatic nitrogens is 5. The molecule has 1 aromatic carbocycles. The number of rotatable bonds is 2. The first-order chi connectivity index (χ1) is 8.83. The van der Waals surface area contributed by atoms with Gasteiger partial charge in [0.05, 0.1) is 5.69 Å². The second-order valence-electron chi connectivity index (χ2n) is 3.73. The van der Waals surface area contributed by atoms with Gasteiger partial charge in [-0.15, -0.1) is 0 Å². The topological polar surface area (TPSA) is 82.5 Å². The number of nitrogens with two attached hydrogens (primary N) is 1. The normalized spacial score (nSPS) is 10.4. The summed E-state index contributed by atoms with van der Waals surface area (Å²) >= 11 is 0. The van der Waals surface area contributed by atoms with Crippen molar-refractivity contribution in [2.45, 2.75) is 0 Å². The van der Waals surface area contributed by atoms with Crippen molar-refractivity contribution in [3.8, 4) is 17.1 Å². The maximum Gasteiger partial charge on any atom is 0.159 e. The van der Waals surface area contributed by atoms with Crippen molar-refractivity contribution in [2.24, 2.45) is 0 Å². The molecule has 88 valence electrons. The van der Waals surface area contributed by atoms with Crippen LogP contribution in [0.1, 0.15) is 0 Å². The van der Waals surface area contributed by atoms with Crippen molar-refractivity contribution in [3.63, 3.8) is 0 Å². The molecule has 0 saturated heterocycles. The fraction of sp³-hybridized carbons (Fsp3) is 0. The van der Waals surface area contributed by atoms with Gasteiger partial charge in [0.15, 0.2) is 5.82 Å². The lowest BCUT2D eigenvalue weighted by atomic mass is 10.1. The first-order valence-corrected chi connectivity index (χ1v) is 5.36. The lowest BCUT2D eigenvalue weighted by Crippen LogP contribution is -1.98. The third-order valence-corrected chi connectivity index (χ3v) is 2.45. The average molecular weight is 238 g/mol. The minimum atomic E-state index is 0.630. The number of anilines is 1. The number of hydrogen-bond acceptors (Lipinski definition) is 5. The molecule has 0 fully saturated rings. The zero-order valence-corrected chi connectivity index (χ0v) is 9.43. The molecule has 2 heterocycles. The number of nitrogens with zero attached hydrogens (tertiary/aromatic N) is 5. The minimum Gasteiger partial charge on any atom is -0.399 e. The summed E-state index contributed by atoms with van der Waals surface area (Å²) in [6.45, 7) is 0. The van der Waals surface area contributed by atoms with Crippen LogP contribution in [0.2, 0.25) is 0 Å². The Morgan fingerprint density at radius 2 is 1.89 bits per heavy atom. The van der Waals surface area contributed by atoms with Crippen molar-refractivity contribution in [1.29, 1.82) is 0 Å². The van der Waals surface area contributed by atoms with Crippen LogP contribution in [0.5, 0.6) is 0 Å². The summed E-state index contributed by atoms with van der Waals surface area (Å²) in [4.78, 5) is 12.3. The Kier molecular flexibility index (Phi) is 2.45. The molecule has 0 aliphatic carbocycles. The van der Waals surface area contributed by atoms with Gasteiger partial charge in [0.25, 0.3) is 0 Å². The summed E-state index contributed by atoms with van der Waals surface area (Å²) in [5.74, 6) is 0.631. The third-order valence-electron chi connectivity index (χ3n) is 2.45. The maximum absolute atomic E-state index is 5.89. The molecule has 0 spiro atoms. The molecule has 2 N–H and O–H groups in total. The van der Waals surface area contributed by atoms with Crippen LogP contribution >= 0.6 is 0 Å². The highest BCUT2D eigenvalue weighted by Gasteiger charge is 2.05. The quantitative estimate of drug-likeness (QED) is 0.680. The molecule has 2 aromatic heterocycles. The van der Waals surface area contributed by atoms with E-state index in [0.29, 0.717) is 11.5 Å². The lowest BCUT2D eigenvalue weighted by Gasteiger charge is -2.06. The van der Waals surface area contributed by atoms with Crippen molar-refractivity contribution >= 4 is 5.69 Å². The van der Waals surface area contributed by atoms with E-state index in [9.17, 15) is 0 Å². The fourth-order valence-corrected chi connectivity index (χ4v) is 1.69. The first-order valence-electron chi connectivity index (χ1n) is 5.36. The van der Waals surface area contributed by atoms with Gasteiger partial charge in [0, 0.05) is 23.6 Å². The average Bonchev–Trinajstić information content (AvgIpc) is 2.93. The molecule has 0 radical (unpaired) electrons. The number of benzene rings is 1. The van der Waals surface area contributed by atoms with Gasteiger partial charge in [-0.05, 0) is 24.3 Å².